The van der Waals surface area contributed by atoms with Gasteiger partial charge in [0.1, 0.15) is 12.4 Å². The predicted octanol–water partition coefficient (Wildman–Crippen LogP) is 2.40. The Labute approximate surface area is 109 Å². The average Bonchev–Trinajstić information content (AvgIpc) is 2.37. The SMILES string of the molecule is CC(C)CCNC(=O)[C@H]1COc2ccccc2C1. The number of nitrogens with one attached hydrogen (secondary N) is 1. The quantitative estimate of drug-likeness (QED) is 0.887. The van der Waals surface area contributed by atoms with Crippen LogP contribution in [0.1, 0.15) is 25.8 Å². The van der Waals surface area contributed by atoms with Crippen molar-refractivity contribution in [1.82, 2.24) is 5.32 Å². The summed E-state index contributed by atoms with van der Waals surface area (Å²) < 4.78 is 5.62. The minimum atomic E-state index is -0.0490. The summed E-state index contributed by atoms with van der Waals surface area (Å²) in [4.78, 5) is 12.0. The minimum Gasteiger partial charge on any atom is -0.492 e. The van der Waals surface area contributed by atoms with Gasteiger partial charge in [0.05, 0.1) is 5.92 Å². The van der Waals surface area contributed by atoms with E-state index in [2.05, 4.69) is 19.2 Å². The van der Waals surface area contributed by atoms with Gasteiger partial charge in [0.25, 0.3) is 0 Å². The molecule has 98 valence electrons. The molecule has 1 aliphatic rings. The first kappa shape index (κ1) is 12.9. The minimum absolute atomic E-state index is 0.0490. The van der Waals surface area contributed by atoms with Crippen molar-refractivity contribution in [3.05, 3.63) is 29.8 Å². The first-order valence-corrected chi connectivity index (χ1v) is 6.65. The van der Waals surface area contributed by atoms with Crippen LogP contribution in [-0.2, 0) is 11.2 Å². The summed E-state index contributed by atoms with van der Waals surface area (Å²) in [6.07, 6.45) is 1.81. The molecule has 0 bridgehead atoms. The second-order valence-corrected chi connectivity index (χ2v) is 5.29. The molecular formula is C15H21NO2. The number of hydrogen-bond acceptors (Lipinski definition) is 2. The van der Waals surface area contributed by atoms with Crippen LogP contribution >= 0.6 is 0 Å². The Kier molecular flexibility index (Phi) is 4.24. The van der Waals surface area contributed by atoms with Crippen LogP contribution in [0.5, 0.6) is 5.75 Å². The van der Waals surface area contributed by atoms with E-state index >= 15 is 0 Å². The fourth-order valence-corrected chi connectivity index (χ4v) is 2.12. The Morgan fingerprint density at radius 1 is 1.44 bits per heavy atom. The first-order chi connectivity index (χ1) is 8.66. The van der Waals surface area contributed by atoms with Crippen LogP contribution in [0, 0.1) is 11.8 Å². The van der Waals surface area contributed by atoms with Crippen LogP contribution in [0.2, 0.25) is 0 Å². The van der Waals surface area contributed by atoms with Crippen molar-refractivity contribution in [1.29, 1.82) is 0 Å². The van der Waals surface area contributed by atoms with Crippen LogP contribution in [0.15, 0.2) is 24.3 Å². The van der Waals surface area contributed by atoms with Gasteiger partial charge in [-0.05, 0) is 30.4 Å². The monoisotopic (exact) mass is 247 g/mol. The maximum atomic E-state index is 12.0. The number of ether oxygens (including phenoxy) is 1. The number of fused-ring (bicyclic) bond motifs is 1. The molecule has 0 aliphatic carbocycles. The number of amides is 1. The van der Waals surface area contributed by atoms with Gasteiger partial charge >= 0.3 is 0 Å². The third-order valence-corrected chi connectivity index (χ3v) is 3.27. The molecule has 1 aromatic carbocycles. The first-order valence-electron chi connectivity index (χ1n) is 6.65. The van der Waals surface area contributed by atoms with Crippen LogP contribution in [0.4, 0.5) is 0 Å². The van der Waals surface area contributed by atoms with Crippen molar-refractivity contribution >= 4 is 5.91 Å². The normalized spacial score (nSPS) is 18.1. The molecule has 3 nitrogen and oxygen atoms in total. The fraction of sp³-hybridized carbons (Fsp3) is 0.533. The van der Waals surface area contributed by atoms with E-state index in [9.17, 15) is 4.79 Å². The molecule has 0 unspecified atom stereocenters. The largest absolute Gasteiger partial charge is 0.492 e. The highest BCUT2D eigenvalue weighted by atomic mass is 16.5. The van der Waals surface area contributed by atoms with Crippen molar-refractivity contribution < 1.29 is 9.53 Å². The van der Waals surface area contributed by atoms with E-state index in [-0.39, 0.29) is 11.8 Å². The molecule has 18 heavy (non-hydrogen) atoms. The summed E-state index contributed by atoms with van der Waals surface area (Å²) in [7, 11) is 0. The number of benzene rings is 1. The zero-order chi connectivity index (χ0) is 13.0. The number of rotatable bonds is 4. The second-order valence-electron chi connectivity index (χ2n) is 5.29. The lowest BCUT2D eigenvalue weighted by atomic mass is 9.96. The fourth-order valence-electron chi connectivity index (χ4n) is 2.12. The summed E-state index contributed by atoms with van der Waals surface area (Å²) in [6.45, 7) is 5.57. The molecule has 0 fully saturated rings. The van der Waals surface area contributed by atoms with E-state index in [4.69, 9.17) is 4.74 Å². The lowest BCUT2D eigenvalue weighted by Gasteiger charge is -2.24. The Balaban J connectivity index is 1.87. The van der Waals surface area contributed by atoms with Gasteiger partial charge in [-0.25, -0.2) is 0 Å². The summed E-state index contributed by atoms with van der Waals surface area (Å²) in [6, 6.07) is 7.94. The van der Waals surface area contributed by atoms with Crippen molar-refractivity contribution in [2.45, 2.75) is 26.7 Å². The van der Waals surface area contributed by atoms with Gasteiger partial charge in [-0.3, -0.25) is 4.79 Å². The Morgan fingerprint density at radius 2 is 2.22 bits per heavy atom. The number of carbonyl (C=O) groups is 1. The van der Waals surface area contributed by atoms with Gasteiger partial charge in [-0.15, -0.1) is 0 Å². The van der Waals surface area contributed by atoms with Gasteiger partial charge in [0.2, 0.25) is 5.91 Å². The van der Waals surface area contributed by atoms with Gasteiger partial charge in [-0.1, -0.05) is 32.0 Å². The molecular weight excluding hydrogens is 226 g/mol. The third-order valence-electron chi connectivity index (χ3n) is 3.27. The summed E-state index contributed by atoms with van der Waals surface area (Å²) in [5.74, 6) is 1.61. The molecule has 0 saturated heterocycles. The molecule has 0 aromatic heterocycles. The van der Waals surface area contributed by atoms with E-state index in [1.54, 1.807) is 0 Å². The highest BCUT2D eigenvalue weighted by molar-refractivity contribution is 5.79. The molecule has 1 aromatic rings. The standard InChI is InChI=1S/C15H21NO2/c1-11(2)7-8-16-15(17)13-9-12-5-3-4-6-14(12)18-10-13/h3-6,11,13H,7-10H2,1-2H3,(H,16,17)/t13-/m1/s1. The van der Waals surface area contributed by atoms with Crippen molar-refractivity contribution in [2.24, 2.45) is 11.8 Å². The summed E-state index contributed by atoms with van der Waals surface area (Å²) in [5.41, 5.74) is 1.13. The van der Waals surface area contributed by atoms with Crippen LogP contribution in [0.3, 0.4) is 0 Å². The zero-order valence-corrected chi connectivity index (χ0v) is 11.1. The molecule has 1 atom stereocenters. The van der Waals surface area contributed by atoms with Crippen LogP contribution < -0.4 is 10.1 Å². The second kappa shape index (κ2) is 5.89. The molecule has 1 heterocycles. The molecule has 1 N–H and O–H groups in total. The van der Waals surface area contributed by atoms with Crippen molar-refractivity contribution in [3.63, 3.8) is 0 Å². The maximum absolute atomic E-state index is 12.0. The molecule has 0 saturated carbocycles. The molecule has 2 rings (SSSR count). The number of para-hydroxylation sites is 1. The lowest BCUT2D eigenvalue weighted by molar-refractivity contribution is -0.126. The highest BCUT2D eigenvalue weighted by Gasteiger charge is 2.25. The van der Waals surface area contributed by atoms with Gasteiger partial charge in [0, 0.05) is 6.54 Å². The van der Waals surface area contributed by atoms with Crippen molar-refractivity contribution in [2.75, 3.05) is 13.2 Å². The molecule has 1 amide bonds. The Bertz CT molecular complexity index is 415. The van der Waals surface area contributed by atoms with Crippen LogP contribution in [-0.4, -0.2) is 19.1 Å². The predicted molar refractivity (Wildman–Crippen MR) is 71.6 cm³/mol. The Morgan fingerprint density at radius 3 is 3.00 bits per heavy atom. The average molecular weight is 247 g/mol. The van der Waals surface area contributed by atoms with Crippen LogP contribution in [0.25, 0.3) is 0 Å². The molecule has 1 aliphatic heterocycles. The van der Waals surface area contributed by atoms with Gasteiger partial charge in [-0.2, -0.15) is 0 Å². The van der Waals surface area contributed by atoms with Gasteiger partial charge < -0.3 is 10.1 Å². The Hall–Kier alpha value is -1.51. The number of hydrogen-bond donors (Lipinski definition) is 1. The third kappa shape index (κ3) is 3.25. The van der Waals surface area contributed by atoms with E-state index in [1.165, 1.54) is 0 Å². The molecule has 3 heteroatoms. The van der Waals surface area contributed by atoms with E-state index < -0.39 is 0 Å². The summed E-state index contributed by atoms with van der Waals surface area (Å²) >= 11 is 0. The highest BCUT2D eigenvalue weighted by Crippen LogP contribution is 2.26. The molecule has 0 spiro atoms. The van der Waals surface area contributed by atoms with E-state index in [1.807, 2.05) is 24.3 Å². The van der Waals surface area contributed by atoms with Gasteiger partial charge in [0.15, 0.2) is 0 Å². The smallest absolute Gasteiger partial charge is 0.226 e. The summed E-state index contributed by atoms with van der Waals surface area (Å²) in [5, 5.41) is 3.00. The van der Waals surface area contributed by atoms with E-state index in [0.717, 1.165) is 30.7 Å². The zero-order valence-electron chi connectivity index (χ0n) is 11.1. The van der Waals surface area contributed by atoms with Crippen molar-refractivity contribution in [3.8, 4) is 5.75 Å². The topological polar surface area (TPSA) is 38.3 Å². The molecule has 0 radical (unpaired) electrons. The maximum Gasteiger partial charge on any atom is 0.226 e. The van der Waals surface area contributed by atoms with E-state index in [0.29, 0.717) is 12.5 Å². The number of carbonyl (C=O) groups excluding carboxylic acids is 1. The lowest BCUT2D eigenvalue weighted by Crippen LogP contribution is -2.38.